The van der Waals surface area contributed by atoms with Crippen LogP contribution >= 0.6 is 0 Å². The normalized spacial score (nSPS) is 18.8. The summed E-state index contributed by atoms with van der Waals surface area (Å²) < 4.78 is 5.46. The number of carbonyl (C=O) groups is 3. The molecule has 7 heteroatoms. The number of carboxylic acids is 1. The lowest BCUT2D eigenvalue weighted by atomic mass is 9.78. The molecule has 37 heavy (non-hydrogen) atoms. The van der Waals surface area contributed by atoms with Crippen molar-refractivity contribution in [1.29, 1.82) is 0 Å². The number of Topliss-reactive ketones (excluding diaryl/α,β-unsaturated/α-hetero) is 1. The highest BCUT2D eigenvalue weighted by Gasteiger charge is 2.41. The first kappa shape index (κ1) is 24.3. The molecule has 2 aliphatic rings. The first-order valence-electron chi connectivity index (χ1n) is 12.3. The molecular formula is C30H28N2O5. The Morgan fingerprint density at radius 1 is 0.946 bits per heavy atom. The van der Waals surface area contributed by atoms with Gasteiger partial charge in [0.15, 0.2) is 5.78 Å². The molecule has 7 nitrogen and oxygen atoms in total. The van der Waals surface area contributed by atoms with E-state index in [1.54, 1.807) is 12.0 Å². The number of para-hydroxylation sites is 2. The molecule has 1 aliphatic carbocycles. The zero-order valence-corrected chi connectivity index (χ0v) is 20.5. The zero-order chi connectivity index (χ0) is 25.9. The van der Waals surface area contributed by atoms with Gasteiger partial charge in [0.05, 0.1) is 30.9 Å². The Bertz CT molecular complexity index is 1380. The van der Waals surface area contributed by atoms with Crippen molar-refractivity contribution in [3.8, 4) is 5.75 Å². The fourth-order valence-electron chi connectivity index (χ4n) is 5.29. The van der Waals surface area contributed by atoms with Gasteiger partial charge in [-0.2, -0.15) is 0 Å². The van der Waals surface area contributed by atoms with Crippen molar-refractivity contribution in [2.75, 3.05) is 17.3 Å². The van der Waals surface area contributed by atoms with Crippen molar-refractivity contribution >= 4 is 29.0 Å². The van der Waals surface area contributed by atoms with Gasteiger partial charge < -0.3 is 15.2 Å². The molecule has 1 aliphatic heterocycles. The van der Waals surface area contributed by atoms with Gasteiger partial charge >= 0.3 is 5.97 Å². The Labute approximate surface area is 215 Å². The monoisotopic (exact) mass is 496 g/mol. The molecule has 3 aromatic rings. The topological polar surface area (TPSA) is 95.9 Å². The van der Waals surface area contributed by atoms with Gasteiger partial charge in [0.1, 0.15) is 5.75 Å². The first-order valence-corrected chi connectivity index (χ1v) is 12.3. The minimum absolute atomic E-state index is 0.00679. The Hall–Kier alpha value is -4.39. The van der Waals surface area contributed by atoms with E-state index in [0.717, 1.165) is 16.8 Å². The van der Waals surface area contributed by atoms with E-state index >= 15 is 0 Å². The molecule has 5 rings (SSSR count). The fourth-order valence-corrected chi connectivity index (χ4v) is 5.29. The van der Waals surface area contributed by atoms with E-state index in [2.05, 4.69) is 5.32 Å². The van der Waals surface area contributed by atoms with E-state index in [-0.39, 0.29) is 30.4 Å². The van der Waals surface area contributed by atoms with Crippen LogP contribution in [0.2, 0.25) is 0 Å². The van der Waals surface area contributed by atoms with Gasteiger partial charge in [-0.25, -0.2) is 0 Å². The number of nitrogens with zero attached hydrogens (tertiary/aromatic N) is 1. The van der Waals surface area contributed by atoms with Gasteiger partial charge in [-0.05, 0) is 47.7 Å². The van der Waals surface area contributed by atoms with Crippen LogP contribution in [-0.4, -0.2) is 29.9 Å². The molecule has 2 N–H and O–H groups in total. The number of anilines is 2. The van der Waals surface area contributed by atoms with Gasteiger partial charge in [0.2, 0.25) is 5.91 Å². The van der Waals surface area contributed by atoms with Crippen molar-refractivity contribution in [2.45, 2.75) is 37.6 Å². The predicted octanol–water partition coefficient (Wildman–Crippen LogP) is 5.46. The minimum atomic E-state index is -1.05. The molecule has 1 heterocycles. The Kier molecular flexibility index (Phi) is 6.77. The van der Waals surface area contributed by atoms with Crippen LogP contribution in [-0.2, 0) is 14.4 Å². The van der Waals surface area contributed by atoms with Crippen LogP contribution in [0.15, 0.2) is 90.1 Å². The number of fused-ring (bicyclic) bond motifs is 1. The van der Waals surface area contributed by atoms with Crippen molar-refractivity contribution < 1.29 is 24.2 Å². The third kappa shape index (κ3) is 4.85. The highest BCUT2D eigenvalue weighted by Crippen LogP contribution is 2.47. The summed E-state index contributed by atoms with van der Waals surface area (Å²) in [6, 6.07) is 24.0. The number of hydrogen-bond donors (Lipinski definition) is 2. The molecule has 188 valence electrons. The summed E-state index contributed by atoms with van der Waals surface area (Å²) in [5.74, 6) is -0.844. The van der Waals surface area contributed by atoms with Crippen molar-refractivity contribution in [2.24, 2.45) is 0 Å². The smallest absolute Gasteiger partial charge is 0.303 e. The molecule has 0 aromatic heterocycles. The van der Waals surface area contributed by atoms with Gasteiger partial charge in [-0.1, -0.05) is 54.6 Å². The number of amides is 1. The molecule has 0 unspecified atom stereocenters. The summed E-state index contributed by atoms with van der Waals surface area (Å²) in [7, 11) is 1.57. The van der Waals surface area contributed by atoms with Gasteiger partial charge in [0, 0.05) is 24.1 Å². The number of benzene rings is 3. The van der Waals surface area contributed by atoms with Crippen LogP contribution in [0.1, 0.15) is 48.8 Å². The second-order valence-electron chi connectivity index (χ2n) is 9.31. The fraction of sp³-hybridized carbons (Fsp3) is 0.233. The van der Waals surface area contributed by atoms with E-state index in [4.69, 9.17) is 4.74 Å². The number of hydrogen-bond acceptors (Lipinski definition) is 5. The average Bonchev–Trinajstić information content (AvgIpc) is 3.07. The molecule has 0 radical (unpaired) electrons. The molecule has 0 saturated heterocycles. The lowest BCUT2D eigenvalue weighted by molar-refractivity contribution is -0.138. The molecule has 1 amide bonds. The van der Waals surface area contributed by atoms with Crippen LogP contribution in [0.5, 0.6) is 5.75 Å². The SMILES string of the molecule is COc1cccc([C@@H]2C3=C(C[C@H](c4ccccc4)CC3=O)Nc3ccccc3N2C(=O)CCC(=O)O)c1. The number of rotatable bonds is 6. The number of aliphatic carboxylic acids is 1. The summed E-state index contributed by atoms with van der Waals surface area (Å²) in [4.78, 5) is 40.5. The number of methoxy groups -OCH3 is 1. The zero-order valence-electron chi connectivity index (χ0n) is 20.5. The summed E-state index contributed by atoms with van der Waals surface area (Å²) >= 11 is 0. The number of allylic oxidation sites excluding steroid dienone is 1. The van der Waals surface area contributed by atoms with Crippen LogP contribution in [0, 0.1) is 0 Å². The second-order valence-corrected chi connectivity index (χ2v) is 9.31. The first-order chi connectivity index (χ1) is 18.0. The quantitative estimate of drug-likeness (QED) is 0.471. The standard InChI is InChI=1S/C30H28N2O5/c1-37-22-11-7-10-20(16-22)30-29-24(17-21(18-26(29)33)19-8-3-2-4-9-19)31-23-12-5-6-13-25(23)32(30)27(34)14-15-28(35)36/h2-13,16,21,30-31H,14-15,17-18H2,1H3,(H,35,36)/t21-,30+/m0/s1. The second kappa shape index (κ2) is 10.3. The van der Waals surface area contributed by atoms with Crippen molar-refractivity contribution in [1.82, 2.24) is 0 Å². The van der Waals surface area contributed by atoms with E-state index in [9.17, 15) is 19.5 Å². The van der Waals surface area contributed by atoms with Crippen LogP contribution in [0.25, 0.3) is 0 Å². The summed E-state index contributed by atoms with van der Waals surface area (Å²) in [5, 5.41) is 12.8. The van der Waals surface area contributed by atoms with Gasteiger partial charge in [0.25, 0.3) is 0 Å². The third-order valence-electron chi connectivity index (χ3n) is 6.99. The predicted molar refractivity (Wildman–Crippen MR) is 141 cm³/mol. The average molecular weight is 497 g/mol. The molecule has 0 spiro atoms. The lowest BCUT2D eigenvalue weighted by Gasteiger charge is -2.35. The molecule has 0 saturated carbocycles. The molecule has 3 aromatic carbocycles. The van der Waals surface area contributed by atoms with Gasteiger partial charge in [-0.15, -0.1) is 0 Å². The molecule has 0 bridgehead atoms. The maximum Gasteiger partial charge on any atom is 0.303 e. The van der Waals surface area contributed by atoms with Crippen LogP contribution < -0.4 is 15.0 Å². The number of ether oxygens (including phenoxy) is 1. The Morgan fingerprint density at radius 3 is 2.43 bits per heavy atom. The summed E-state index contributed by atoms with van der Waals surface area (Å²) in [6.07, 6.45) is 0.439. The maximum absolute atomic E-state index is 13.9. The molecule has 0 fully saturated rings. The van der Waals surface area contributed by atoms with Crippen molar-refractivity contribution in [3.05, 3.63) is 101 Å². The van der Waals surface area contributed by atoms with Crippen LogP contribution in [0.4, 0.5) is 11.4 Å². The van der Waals surface area contributed by atoms with E-state index < -0.39 is 12.0 Å². The van der Waals surface area contributed by atoms with Gasteiger partial charge in [-0.3, -0.25) is 19.3 Å². The number of carboxylic acid groups (broad SMARTS) is 1. The Balaban J connectivity index is 1.70. The third-order valence-corrected chi connectivity index (χ3v) is 6.99. The van der Waals surface area contributed by atoms with E-state index in [1.165, 1.54) is 0 Å². The largest absolute Gasteiger partial charge is 0.497 e. The van der Waals surface area contributed by atoms with Crippen LogP contribution in [0.3, 0.4) is 0 Å². The summed E-state index contributed by atoms with van der Waals surface area (Å²) in [5.41, 5.74) is 4.42. The minimum Gasteiger partial charge on any atom is -0.497 e. The number of ketones is 1. The maximum atomic E-state index is 13.9. The van der Waals surface area contributed by atoms with E-state index in [1.807, 2.05) is 78.9 Å². The van der Waals surface area contributed by atoms with E-state index in [0.29, 0.717) is 35.5 Å². The molecular weight excluding hydrogens is 468 g/mol. The highest BCUT2D eigenvalue weighted by molar-refractivity contribution is 6.06. The summed E-state index contributed by atoms with van der Waals surface area (Å²) in [6.45, 7) is 0. The Morgan fingerprint density at radius 2 is 1.68 bits per heavy atom. The number of carbonyl (C=O) groups excluding carboxylic acids is 2. The molecule has 2 atom stereocenters. The lowest BCUT2D eigenvalue weighted by Crippen LogP contribution is -2.38. The highest BCUT2D eigenvalue weighted by atomic mass is 16.5. The van der Waals surface area contributed by atoms with Crippen molar-refractivity contribution in [3.63, 3.8) is 0 Å². The number of nitrogens with one attached hydrogen (secondary N) is 1.